The van der Waals surface area contributed by atoms with Crippen LogP contribution in [0.2, 0.25) is 0 Å². The molecular formula is C25H26N2O3. The van der Waals surface area contributed by atoms with Crippen LogP contribution in [0.3, 0.4) is 0 Å². The Hall–Kier alpha value is -3.47. The van der Waals surface area contributed by atoms with Crippen LogP contribution in [0.1, 0.15) is 40.9 Å². The normalized spacial score (nSPS) is 12.7. The number of carboxylic acid groups (broad SMARTS) is 1. The highest BCUT2D eigenvalue weighted by molar-refractivity contribution is 5.80. The molecule has 0 fully saturated rings. The predicted molar refractivity (Wildman–Crippen MR) is 116 cm³/mol. The molecule has 0 aliphatic heterocycles. The summed E-state index contributed by atoms with van der Waals surface area (Å²) in [6.07, 6.45) is 2.70. The molecule has 0 spiro atoms. The summed E-state index contributed by atoms with van der Waals surface area (Å²) in [6, 6.07) is 20.7. The van der Waals surface area contributed by atoms with E-state index in [1.807, 2.05) is 73.7 Å². The molecule has 3 rings (SSSR count). The number of carboxylic acids is 1. The van der Waals surface area contributed by atoms with E-state index >= 15 is 0 Å². The lowest BCUT2D eigenvalue weighted by atomic mass is 9.93. The summed E-state index contributed by atoms with van der Waals surface area (Å²) in [7, 11) is 0. The number of nitrogens with one attached hydrogen (secondary N) is 1. The maximum absolute atomic E-state index is 12.7. The van der Waals surface area contributed by atoms with Crippen LogP contribution in [0.15, 0.2) is 72.9 Å². The molecule has 0 saturated heterocycles. The van der Waals surface area contributed by atoms with E-state index in [2.05, 4.69) is 10.3 Å². The van der Waals surface area contributed by atoms with E-state index < -0.39 is 17.9 Å². The van der Waals surface area contributed by atoms with Crippen LogP contribution in [0, 0.1) is 12.8 Å². The van der Waals surface area contributed by atoms with Gasteiger partial charge in [-0.3, -0.25) is 14.6 Å². The largest absolute Gasteiger partial charge is 0.481 e. The maximum Gasteiger partial charge on any atom is 0.308 e. The van der Waals surface area contributed by atoms with Gasteiger partial charge in [0, 0.05) is 18.3 Å². The van der Waals surface area contributed by atoms with Gasteiger partial charge in [0.15, 0.2) is 0 Å². The van der Waals surface area contributed by atoms with Crippen molar-refractivity contribution >= 4 is 11.9 Å². The second-order valence-corrected chi connectivity index (χ2v) is 7.57. The zero-order chi connectivity index (χ0) is 21.5. The van der Waals surface area contributed by atoms with E-state index in [0.717, 1.165) is 34.4 Å². The molecule has 5 heteroatoms. The van der Waals surface area contributed by atoms with Crippen molar-refractivity contribution in [2.75, 3.05) is 0 Å². The molecule has 2 N–H and O–H groups in total. The Morgan fingerprint density at radius 3 is 2.23 bits per heavy atom. The van der Waals surface area contributed by atoms with Crippen LogP contribution in [0.4, 0.5) is 0 Å². The minimum Gasteiger partial charge on any atom is -0.481 e. The fourth-order valence-corrected chi connectivity index (χ4v) is 3.31. The summed E-state index contributed by atoms with van der Waals surface area (Å²) >= 11 is 0. The standard InChI is InChI=1S/C25H26N2O3/c1-17-6-12-21(13-7-17)24(18(2)25(29)30)27-23(28)16-20-10-8-19(9-11-20)15-22-5-3-4-14-26-22/h3-14,18,24H,15-16H2,1-2H3,(H,27,28)(H,29,30)/t18-,24+/m1/s1. The molecule has 0 unspecified atom stereocenters. The first-order valence-corrected chi connectivity index (χ1v) is 9.99. The lowest BCUT2D eigenvalue weighted by molar-refractivity contribution is -0.142. The molecule has 2 atom stereocenters. The van der Waals surface area contributed by atoms with Gasteiger partial charge in [-0.2, -0.15) is 0 Å². The summed E-state index contributed by atoms with van der Waals surface area (Å²) in [6.45, 7) is 3.58. The summed E-state index contributed by atoms with van der Waals surface area (Å²) in [4.78, 5) is 28.5. The van der Waals surface area contributed by atoms with Crippen LogP contribution >= 0.6 is 0 Å². The molecule has 1 amide bonds. The maximum atomic E-state index is 12.7. The number of pyridine rings is 1. The molecule has 0 aliphatic carbocycles. The van der Waals surface area contributed by atoms with Gasteiger partial charge < -0.3 is 10.4 Å². The first kappa shape index (κ1) is 21.2. The van der Waals surface area contributed by atoms with Crippen molar-refractivity contribution in [3.63, 3.8) is 0 Å². The highest BCUT2D eigenvalue weighted by Crippen LogP contribution is 2.23. The Labute approximate surface area is 176 Å². The van der Waals surface area contributed by atoms with Gasteiger partial charge in [-0.05, 0) is 42.7 Å². The van der Waals surface area contributed by atoms with Crippen molar-refractivity contribution in [2.24, 2.45) is 5.92 Å². The van der Waals surface area contributed by atoms with Crippen molar-refractivity contribution in [2.45, 2.75) is 32.7 Å². The zero-order valence-electron chi connectivity index (χ0n) is 17.2. The number of carbonyl (C=O) groups excluding carboxylic acids is 1. The number of carbonyl (C=O) groups is 2. The summed E-state index contributed by atoms with van der Waals surface area (Å²) in [5.41, 5.74) is 4.86. The quantitative estimate of drug-likeness (QED) is 0.594. The molecule has 0 aliphatic rings. The summed E-state index contributed by atoms with van der Waals surface area (Å²) < 4.78 is 0. The first-order chi connectivity index (χ1) is 14.4. The van der Waals surface area contributed by atoms with Crippen molar-refractivity contribution in [3.05, 3.63) is 101 Å². The summed E-state index contributed by atoms with van der Waals surface area (Å²) in [5, 5.41) is 12.4. The molecule has 30 heavy (non-hydrogen) atoms. The van der Waals surface area contributed by atoms with Gasteiger partial charge in [-0.25, -0.2) is 0 Å². The molecule has 3 aromatic rings. The second kappa shape index (κ2) is 9.83. The average Bonchev–Trinajstić information content (AvgIpc) is 2.74. The molecular weight excluding hydrogens is 376 g/mol. The molecule has 1 aromatic heterocycles. The fraction of sp³-hybridized carbons (Fsp3) is 0.240. The van der Waals surface area contributed by atoms with Crippen molar-refractivity contribution in [1.29, 1.82) is 0 Å². The number of benzene rings is 2. The number of nitrogens with zero attached hydrogens (tertiary/aromatic N) is 1. The van der Waals surface area contributed by atoms with Crippen molar-refractivity contribution < 1.29 is 14.7 Å². The van der Waals surface area contributed by atoms with Crippen LogP contribution in [-0.2, 0) is 22.4 Å². The van der Waals surface area contributed by atoms with Crippen LogP contribution in [0.5, 0.6) is 0 Å². The van der Waals surface area contributed by atoms with Gasteiger partial charge >= 0.3 is 5.97 Å². The zero-order valence-corrected chi connectivity index (χ0v) is 17.2. The number of rotatable bonds is 8. The molecule has 0 bridgehead atoms. The smallest absolute Gasteiger partial charge is 0.308 e. The number of hydrogen-bond donors (Lipinski definition) is 2. The van der Waals surface area contributed by atoms with Crippen molar-refractivity contribution in [3.8, 4) is 0 Å². The van der Waals surface area contributed by atoms with Gasteiger partial charge in [-0.1, -0.05) is 60.2 Å². The van der Waals surface area contributed by atoms with Gasteiger partial charge in [0.25, 0.3) is 0 Å². The van der Waals surface area contributed by atoms with Gasteiger partial charge in [0.2, 0.25) is 5.91 Å². The van der Waals surface area contributed by atoms with Crippen LogP contribution < -0.4 is 5.32 Å². The number of aromatic nitrogens is 1. The number of aryl methyl sites for hydroxylation is 1. The topological polar surface area (TPSA) is 79.3 Å². The van der Waals surface area contributed by atoms with E-state index in [-0.39, 0.29) is 12.3 Å². The SMILES string of the molecule is Cc1ccc([C@@H](NC(=O)Cc2ccc(Cc3ccccn3)cc2)[C@@H](C)C(=O)O)cc1. The van der Waals surface area contributed by atoms with E-state index in [4.69, 9.17) is 0 Å². The Balaban J connectivity index is 1.66. The number of aliphatic carboxylic acids is 1. The van der Waals surface area contributed by atoms with Crippen LogP contribution in [-0.4, -0.2) is 22.0 Å². The predicted octanol–water partition coefficient (Wildman–Crippen LogP) is 4.10. The van der Waals surface area contributed by atoms with Gasteiger partial charge in [-0.15, -0.1) is 0 Å². The third-order valence-electron chi connectivity index (χ3n) is 5.14. The third-order valence-corrected chi connectivity index (χ3v) is 5.14. The highest BCUT2D eigenvalue weighted by atomic mass is 16.4. The minimum absolute atomic E-state index is 0.193. The molecule has 5 nitrogen and oxygen atoms in total. The Bertz CT molecular complexity index is 983. The fourth-order valence-electron chi connectivity index (χ4n) is 3.31. The lowest BCUT2D eigenvalue weighted by Gasteiger charge is -2.23. The first-order valence-electron chi connectivity index (χ1n) is 9.99. The van der Waals surface area contributed by atoms with Crippen molar-refractivity contribution in [1.82, 2.24) is 10.3 Å². The highest BCUT2D eigenvalue weighted by Gasteiger charge is 2.26. The Kier molecular flexibility index (Phi) is 6.96. The van der Waals surface area contributed by atoms with Gasteiger partial charge in [0.05, 0.1) is 18.4 Å². The van der Waals surface area contributed by atoms with Crippen LogP contribution in [0.25, 0.3) is 0 Å². The van der Waals surface area contributed by atoms with E-state index in [0.29, 0.717) is 0 Å². The average molecular weight is 402 g/mol. The Morgan fingerprint density at radius 2 is 1.63 bits per heavy atom. The minimum atomic E-state index is -0.945. The van der Waals surface area contributed by atoms with E-state index in [1.165, 1.54) is 0 Å². The van der Waals surface area contributed by atoms with E-state index in [9.17, 15) is 14.7 Å². The molecule has 0 saturated carbocycles. The summed E-state index contributed by atoms with van der Waals surface area (Å²) in [5.74, 6) is -1.89. The molecule has 2 aromatic carbocycles. The van der Waals surface area contributed by atoms with E-state index in [1.54, 1.807) is 13.1 Å². The Morgan fingerprint density at radius 1 is 0.967 bits per heavy atom. The monoisotopic (exact) mass is 402 g/mol. The molecule has 1 heterocycles. The second-order valence-electron chi connectivity index (χ2n) is 7.57. The number of amides is 1. The number of hydrogen-bond acceptors (Lipinski definition) is 3. The molecule has 0 radical (unpaired) electrons. The molecule has 154 valence electrons. The lowest BCUT2D eigenvalue weighted by Crippen LogP contribution is -2.36. The third kappa shape index (κ3) is 5.77. The van der Waals surface area contributed by atoms with Gasteiger partial charge in [0.1, 0.15) is 0 Å².